The average Bonchev–Trinajstić information content (AvgIpc) is 3.02. The fourth-order valence-electron chi connectivity index (χ4n) is 2.44. The predicted molar refractivity (Wildman–Crippen MR) is 99.9 cm³/mol. The lowest BCUT2D eigenvalue weighted by Gasteiger charge is -2.15. The molecule has 0 saturated carbocycles. The van der Waals surface area contributed by atoms with Crippen molar-refractivity contribution >= 4 is 23.2 Å². The van der Waals surface area contributed by atoms with E-state index in [9.17, 15) is 9.59 Å². The van der Waals surface area contributed by atoms with Gasteiger partial charge in [0.1, 0.15) is 9.88 Å². The Morgan fingerprint density at radius 2 is 1.92 bits per heavy atom. The van der Waals surface area contributed by atoms with E-state index in [4.69, 9.17) is 0 Å². The molecule has 2 rings (SSSR count). The van der Waals surface area contributed by atoms with Crippen LogP contribution in [0.4, 0.5) is 0 Å². The summed E-state index contributed by atoms with van der Waals surface area (Å²) in [6.07, 6.45) is 1.89. The molecule has 1 amide bonds. The molecule has 0 aliphatic rings. The molecule has 0 aliphatic carbocycles. The number of aryl methyl sites for hydroxylation is 2. The monoisotopic (exact) mass is 360 g/mol. The lowest BCUT2D eigenvalue weighted by atomic mass is 10.1. The molecule has 0 atom stereocenters. The van der Waals surface area contributed by atoms with Crippen molar-refractivity contribution in [1.82, 2.24) is 9.88 Å². The summed E-state index contributed by atoms with van der Waals surface area (Å²) >= 11 is 1.41. The summed E-state index contributed by atoms with van der Waals surface area (Å²) in [5.41, 5.74) is 3.04. The van der Waals surface area contributed by atoms with Gasteiger partial charge < -0.3 is 9.64 Å². The molecular formula is C19H24N2O3S. The Labute approximate surface area is 152 Å². The summed E-state index contributed by atoms with van der Waals surface area (Å²) in [6, 6.07) is 8.27. The number of hydrogen-bond acceptors (Lipinski definition) is 5. The van der Waals surface area contributed by atoms with Crippen molar-refractivity contribution in [2.45, 2.75) is 33.1 Å². The molecule has 0 unspecified atom stereocenters. The first-order valence-electron chi connectivity index (χ1n) is 8.35. The molecule has 1 aromatic heterocycles. The summed E-state index contributed by atoms with van der Waals surface area (Å²) in [4.78, 5) is 30.6. The maximum absolute atomic E-state index is 12.6. The van der Waals surface area contributed by atoms with Crippen molar-refractivity contribution in [3.05, 3.63) is 40.4 Å². The van der Waals surface area contributed by atoms with Crippen molar-refractivity contribution in [2.75, 3.05) is 20.7 Å². The molecule has 0 saturated heterocycles. The number of carbonyl (C=O) groups excluding carboxylic acids is 2. The summed E-state index contributed by atoms with van der Waals surface area (Å²) < 4.78 is 4.61. The number of esters is 1. The second-order valence-corrected chi connectivity index (χ2v) is 6.89. The molecule has 0 N–H and O–H groups in total. The summed E-state index contributed by atoms with van der Waals surface area (Å²) in [5.74, 6) is -0.316. The fraction of sp³-hybridized carbons (Fsp3) is 0.421. The van der Waals surface area contributed by atoms with Crippen molar-refractivity contribution < 1.29 is 14.3 Å². The van der Waals surface area contributed by atoms with Crippen molar-refractivity contribution in [3.8, 4) is 10.6 Å². The highest BCUT2D eigenvalue weighted by molar-refractivity contribution is 7.17. The average molecular weight is 360 g/mol. The number of ether oxygens (including phenoxy) is 1. The predicted octanol–water partition coefficient (Wildman–Crippen LogP) is 3.71. The molecule has 1 heterocycles. The number of rotatable bonds is 7. The van der Waals surface area contributed by atoms with E-state index in [2.05, 4.69) is 28.8 Å². The Hall–Kier alpha value is -2.21. The zero-order valence-electron chi connectivity index (χ0n) is 15.2. The number of nitrogens with zero attached hydrogens (tertiary/aromatic N) is 2. The number of methoxy groups -OCH3 is 1. The van der Waals surface area contributed by atoms with Crippen molar-refractivity contribution in [1.29, 1.82) is 0 Å². The summed E-state index contributed by atoms with van der Waals surface area (Å²) in [5, 5.41) is 0.853. The minimum atomic E-state index is -0.257. The second kappa shape index (κ2) is 8.76. The topological polar surface area (TPSA) is 59.5 Å². The number of hydrogen-bond donors (Lipinski definition) is 0. The minimum Gasteiger partial charge on any atom is -0.469 e. The van der Waals surface area contributed by atoms with Crippen LogP contribution in [0.15, 0.2) is 24.3 Å². The quantitative estimate of drug-likeness (QED) is 0.706. The van der Waals surface area contributed by atoms with Gasteiger partial charge in [0.2, 0.25) is 0 Å². The zero-order valence-corrected chi connectivity index (χ0v) is 16.0. The Kier molecular flexibility index (Phi) is 6.70. The first-order valence-corrected chi connectivity index (χ1v) is 9.17. The number of thiazole rings is 1. The van der Waals surface area contributed by atoms with Crippen LogP contribution in [0, 0.1) is 6.92 Å². The largest absolute Gasteiger partial charge is 0.469 e. The van der Waals surface area contributed by atoms with Gasteiger partial charge in [-0.05, 0) is 25.3 Å². The van der Waals surface area contributed by atoms with Crippen LogP contribution < -0.4 is 0 Å². The Morgan fingerprint density at radius 1 is 1.24 bits per heavy atom. The van der Waals surface area contributed by atoms with Gasteiger partial charge in [0, 0.05) is 25.6 Å². The molecule has 0 radical (unpaired) electrons. The Balaban J connectivity index is 2.07. The number of benzene rings is 1. The molecule has 0 bridgehead atoms. The lowest BCUT2D eigenvalue weighted by molar-refractivity contribution is -0.140. The number of amides is 1. The molecule has 134 valence electrons. The van der Waals surface area contributed by atoms with Crippen LogP contribution in [0.2, 0.25) is 0 Å². The standard InChI is InChI=1S/C19H24N2O3S/c1-5-14-8-10-15(11-9-14)18-20-13(2)17(25-18)19(23)21(3)12-6-7-16(22)24-4/h8-11H,5-7,12H2,1-4H3. The highest BCUT2D eigenvalue weighted by Gasteiger charge is 2.19. The van der Waals surface area contributed by atoms with Gasteiger partial charge in [-0.2, -0.15) is 0 Å². The molecule has 5 nitrogen and oxygen atoms in total. The van der Waals surface area contributed by atoms with Crippen LogP contribution >= 0.6 is 11.3 Å². The van der Waals surface area contributed by atoms with E-state index in [0.717, 1.165) is 22.7 Å². The van der Waals surface area contributed by atoms with E-state index in [1.165, 1.54) is 24.0 Å². The van der Waals surface area contributed by atoms with Gasteiger partial charge in [0.15, 0.2) is 0 Å². The Morgan fingerprint density at radius 3 is 2.52 bits per heavy atom. The third kappa shape index (κ3) is 4.89. The third-order valence-electron chi connectivity index (χ3n) is 4.05. The smallest absolute Gasteiger partial charge is 0.305 e. The summed E-state index contributed by atoms with van der Waals surface area (Å²) in [7, 11) is 3.11. The molecule has 2 aromatic rings. The minimum absolute atomic E-state index is 0.0590. The number of aromatic nitrogens is 1. The van der Waals surface area contributed by atoms with Crippen molar-refractivity contribution in [2.24, 2.45) is 0 Å². The van der Waals surface area contributed by atoms with Crippen LogP contribution in [0.3, 0.4) is 0 Å². The van der Waals surface area contributed by atoms with Crippen LogP contribution in [-0.2, 0) is 16.0 Å². The normalized spacial score (nSPS) is 10.6. The second-order valence-electron chi connectivity index (χ2n) is 5.89. The van der Waals surface area contributed by atoms with Gasteiger partial charge in [0.05, 0.1) is 12.8 Å². The highest BCUT2D eigenvalue weighted by Crippen LogP contribution is 2.29. The van der Waals surface area contributed by atoms with Gasteiger partial charge in [-0.3, -0.25) is 9.59 Å². The molecule has 1 aromatic carbocycles. The first kappa shape index (κ1) is 19.1. The molecule has 0 spiro atoms. The van der Waals surface area contributed by atoms with Crippen molar-refractivity contribution in [3.63, 3.8) is 0 Å². The molecule has 6 heteroatoms. The third-order valence-corrected chi connectivity index (χ3v) is 5.24. The van der Waals surface area contributed by atoms with E-state index in [-0.39, 0.29) is 11.9 Å². The molecule has 25 heavy (non-hydrogen) atoms. The number of carbonyl (C=O) groups is 2. The van der Waals surface area contributed by atoms with Crippen LogP contribution in [0.25, 0.3) is 10.6 Å². The van der Waals surface area contributed by atoms with Gasteiger partial charge in [-0.1, -0.05) is 31.2 Å². The SMILES string of the molecule is CCc1ccc(-c2nc(C)c(C(=O)N(C)CCCC(=O)OC)s2)cc1. The van der Waals surface area contributed by atoms with Crippen LogP contribution in [0.1, 0.15) is 40.7 Å². The first-order chi connectivity index (χ1) is 12.0. The Bertz CT molecular complexity index is 738. The van der Waals surface area contributed by atoms with Crippen LogP contribution in [-0.4, -0.2) is 42.5 Å². The maximum Gasteiger partial charge on any atom is 0.305 e. The van der Waals surface area contributed by atoms with Gasteiger partial charge in [-0.15, -0.1) is 11.3 Å². The maximum atomic E-state index is 12.6. The molecule has 0 aliphatic heterocycles. The van der Waals surface area contributed by atoms with Gasteiger partial charge in [-0.25, -0.2) is 4.98 Å². The van der Waals surface area contributed by atoms with E-state index >= 15 is 0 Å². The van der Waals surface area contributed by atoms with E-state index in [1.807, 2.05) is 19.1 Å². The van der Waals surface area contributed by atoms with Gasteiger partial charge >= 0.3 is 5.97 Å². The summed E-state index contributed by atoms with van der Waals surface area (Å²) in [6.45, 7) is 4.48. The molecular weight excluding hydrogens is 336 g/mol. The van der Waals surface area contributed by atoms with E-state index in [0.29, 0.717) is 24.3 Å². The van der Waals surface area contributed by atoms with E-state index in [1.54, 1.807) is 11.9 Å². The highest BCUT2D eigenvalue weighted by atomic mass is 32.1. The van der Waals surface area contributed by atoms with Crippen LogP contribution in [0.5, 0.6) is 0 Å². The van der Waals surface area contributed by atoms with Gasteiger partial charge in [0.25, 0.3) is 5.91 Å². The molecule has 0 fully saturated rings. The zero-order chi connectivity index (χ0) is 18.4. The van der Waals surface area contributed by atoms with E-state index < -0.39 is 0 Å². The fourth-order valence-corrected chi connectivity index (χ4v) is 3.51. The lowest BCUT2D eigenvalue weighted by Crippen LogP contribution is -2.28.